The molecule has 0 aromatic heterocycles. The van der Waals surface area contributed by atoms with Gasteiger partial charge in [0.05, 0.1) is 17.6 Å². The topological polar surface area (TPSA) is 52.9 Å². The number of para-hydroxylation sites is 1. The molecule has 0 unspecified atom stereocenters. The summed E-state index contributed by atoms with van der Waals surface area (Å²) in [4.78, 5) is 11.7. The highest BCUT2D eigenvalue weighted by molar-refractivity contribution is 8.00. The van der Waals surface area contributed by atoms with Crippen LogP contribution in [0, 0.1) is 18.3 Å². The Balaban J connectivity index is 2.68. The second kappa shape index (κ2) is 6.97. The van der Waals surface area contributed by atoms with Crippen molar-refractivity contribution in [2.45, 2.75) is 20.3 Å². The van der Waals surface area contributed by atoms with Crippen molar-refractivity contribution in [2.24, 2.45) is 0 Å². The number of nitrogens with zero attached hydrogens (tertiary/aromatic N) is 1. The number of rotatable bonds is 5. The van der Waals surface area contributed by atoms with Gasteiger partial charge in [0.1, 0.15) is 0 Å². The van der Waals surface area contributed by atoms with Gasteiger partial charge in [-0.1, -0.05) is 25.1 Å². The van der Waals surface area contributed by atoms with Crippen LogP contribution in [0.15, 0.2) is 18.2 Å². The molecule has 0 aliphatic heterocycles. The van der Waals surface area contributed by atoms with Crippen molar-refractivity contribution in [1.29, 1.82) is 5.26 Å². The highest BCUT2D eigenvalue weighted by Gasteiger charge is 2.08. The third-order valence-electron chi connectivity index (χ3n) is 2.40. The minimum absolute atomic E-state index is 0.0470. The smallest absolute Gasteiger partial charge is 0.234 e. The number of hydrogen-bond donors (Lipinski definition) is 1. The number of thioether (sulfide) groups is 1. The lowest BCUT2D eigenvalue weighted by molar-refractivity contribution is -0.113. The maximum atomic E-state index is 11.7. The summed E-state index contributed by atoms with van der Waals surface area (Å²) < 4.78 is 0. The Bertz CT molecular complexity index is 438. The molecule has 0 aliphatic carbocycles. The zero-order valence-corrected chi connectivity index (χ0v) is 10.9. The lowest BCUT2D eigenvalue weighted by atomic mass is 10.1. The third kappa shape index (κ3) is 4.12. The zero-order valence-electron chi connectivity index (χ0n) is 10.1. The van der Waals surface area contributed by atoms with Crippen LogP contribution >= 0.6 is 11.8 Å². The van der Waals surface area contributed by atoms with Crippen LogP contribution in [0.2, 0.25) is 0 Å². The summed E-state index contributed by atoms with van der Waals surface area (Å²) in [7, 11) is 0. The van der Waals surface area contributed by atoms with E-state index in [-0.39, 0.29) is 5.91 Å². The minimum Gasteiger partial charge on any atom is -0.325 e. The fourth-order valence-corrected chi connectivity index (χ4v) is 2.02. The van der Waals surface area contributed by atoms with Gasteiger partial charge in [-0.25, -0.2) is 0 Å². The van der Waals surface area contributed by atoms with Crippen LogP contribution in [-0.4, -0.2) is 17.4 Å². The summed E-state index contributed by atoms with van der Waals surface area (Å²) >= 11 is 1.33. The van der Waals surface area contributed by atoms with Gasteiger partial charge in [0.15, 0.2) is 0 Å². The Hall–Kier alpha value is -1.47. The predicted molar refractivity (Wildman–Crippen MR) is 72.1 cm³/mol. The van der Waals surface area contributed by atoms with Crippen LogP contribution in [0.1, 0.15) is 18.1 Å². The van der Waals surface area contributed by atoms with Crippen molar-refractivity contribution >= 4 is 23.4 Å². The normalized spacial score (nSPS) is 9.71. The quantitative estimate of drug-likeness (QED) is 0.815. The van der Waals surface area contributed by atoms with Crippen LogP contribution in [0.25, 0.3) is 0 Å². The molecule has 0 saturated heterocycles. The van der Waals surface area contributed by atoms with Crippen LogP contribution < -0.4 is 5.32 Å². The molecule has 0 bridgehead atoms. The molecule has 1 N–H and O–H groups in total. The second-order valence-electron chi connectivity index (χ2n) is 3.66. The highest BCUT2D eigenvalue weighted by Crippen LogP contribution is 2.21. The van der Waals surface area contributed by atoms with Gasteiger partial charge < -0.3 is 5.32 Å². The van der Waals surface area contributed by atoms with Gasteiger partial charge in [0.25, 0.3) is 0 Å². The molecule has 3 nitrogen and oxygen atoms in total. The monoisotopic (exact) mass is 248 g/mol. The Morgan fingerprint density at radius 3 is 2.94 bits per heavy atom. The molecule has 1 aromatic rings. The molecule has 17 heavy (non-hydrogen) atoms. The van der Waals surface area contributed by atoms with E-state index in [4.69, 9.17) is 5.26 Å². The summed E-state index contributed by atoms with van der Waals surface area (Å²) in [6.45, 7) is 4.05. The van der Waals surface area contributed by atoms with Gasteiger partial charge in [0.2, 0.25) is 5.91 Å². The summed E-state index contributed by atoms with van der Waals surface area (Å²) in [5.41, 5.74) is 3.13. The molecule has 1 amide bonds. The van der Waals surface area contributed by atoms with Crippen molar-refractivity contribution in [3.8, 4) is 6.07 Å². The molecule has 1 rings (SSSR count). The maximum absolute atomic E-state index is 11.7. The molecule has 0 atom stereocenters. The van der Waals surface area contributed by atoms with Crippen molar-refractivity contribution in [3.05, 3.63) is 29.3 Å². The molecule has 0 heterocycles. The Morgan fingerprint density at radius 2 is 2.29 bits per heavy atom. The minimum atomic E-state index is -0.0470. The third-order valence-corrected chi connectivity index (χ3v) is 3.20. The van der Waals surface area contributed by atoms with E-state index in [2.05, 4.69) is 12.2 Å². The first-order valence-corrected chi connectivity index (χ1v) is 6.67. The fourth-order valence-electron chi connectivity index (χ4n) is 1.57. The first-order valence-electron chi connectivity index (χ1n) is 5.52. The van der Waals surface area contributed by atoms with Crippen LogP contribution in [0.5, 0.6) is 0 Å². The van der Waals surface area contributed by atoms with E-state index >= 15 is 0 Å². The molecule has 0 saturated carbocycles. The van der Waals surface area contributed by atoms with E-state index < -0.39 is 0 Å². The van der Waals surface area contributed by atoms with Crippen LogP contribution in [-0.2, 0) is 11.2 Å². The summed E-state index contributed by atoms with van der Waals surface area (Å²) in [6.07, 6.45) is 0.891. The Labute approximate surface area is 106 Å². The Kier molecular flexibility index (Phi) is 5.58. The highest BCUT2D eigenvalue weighted by atomic mass is 32.2. The van der Waals surface area contributed by atoms with Gasteiger partial charge >= 0.3 is 0 Å². The van der Waals surface area contributed by atoms with Gasteiger partial charge in [-0.3, -0.25) is 4.79 Å². The van der Waals surface area contributed by atoms with E-state index in [1.807, 2.05) is 31.2 Å². The van der Waals surface area contributed by atoms with Crippen LogP contribution in [0.4, 0.5) is 5.69 Å². The van der Waals surface area contributed by atoms with Gasteiger partial charge in [0, 0.05) is 5.69 Å². The molecule has 0 radical (unpaired) electrons. The van der Waals surface area contributed by atoms with Gasteiger partial charge in [-0.2, -0.15) is 5.26 Å². The lowest BCUT2D eigenvalue weighted by Gasteiger charge is -2.12. The molecular weight excluding hydrogens is 232 g/mol. The van der Waals surface area contributed by atoms with E-state index in [0.29, 0.717) is 11.5 Å². The van der Waals surface area contributed by atoms with E-state index in [1.54, 1.807) is 0 Å². The maximum Gasteiger partial charge on any atom is 0.234 e. The molecule has 0 fully saturated rings. The summed E-state index contributed by atoms with van der Waals surface area (Å²) in [5.74, 6) is 0.626. The standard InChI is InChI=1S/C13H16N2OS/c1-3-11-6-4-5-10(2)13(11)15-12(16)9-17-8-7-14/h4-6H,3,8-9H2,1-2H3,(H,15,16). The predicted octanol–water partition coefficient (Wildman–Crippen LogP) is 2.75. The van der Waals surface area contributed by atoms with Gasteiger partial charge in [-0.05, 0) is 24.5 Å². The number of anilines is 1. The number of carbonyl (C=O) groups excluding carboxylic acids is 1. The fraction of sp³-hybridized carbons (Fsp3) is 0.385. The second-order valence-corrected chi connectivity index (χ2v) is 4.65. The number of aryl methyl sites for hydroxylation is 2. The van der Waals surface area contributed by atoms with Crippen molar-refractivity contribution in [2.75, 3.05) is 16.8 Å². The number of carbonyl (C=O) groups is 1. The number of benzene rings is 1. The first kappa shape index (κ1) is 13.6. The summed E-state index contributed by atoms with van der Waals surface area (Å²) in [5, 5.41) is 11.3. The van der Waals surface area contributed by atoms with Crippen LogP contribution in [0.3, 0.4) is 0 Å². The number of hydrogen-bond acceptors (Lipinski definition) is 3. The van der Waals surface area contributed by atoms with Crippen molar-refractivity contribution in [1.82, 2.24) is 0 Å². The van der Waals surface area contributed by atoms with Crippen molar-refractivity contribution < 1.29 is 4.79 Å². The average molecular weight is 248 g/mol. The largest absolute Gasteiger partial charge is 0.325 e. The average Bonchev–Trinajstić information content (AvgIpc) is 2.32. The van der Waals surface area contributed by atoms with Gasteiger partial charge in [-0.15, -0.1) is 11.8 Å². The lowest BCUT2D eigenvalue weighted by Crippen LogP contribution is -2.16. The first-order chi connectivity index (χ1) is 8.19. The molecular formula is C13H16N2OS. The molecule has 1 aromatic carbocycles. The summed E-state index contributed by atoms with van der Waals surface area (Å²) in [6, 6.07) is 8.00. The molecule has 0 aliphatic rings. The zero-order chi connectivity index (χ0) is 12.7. The number of amides is 1. The van der Waals surface area contributed by atoms with Crippen molar-refractivity contribution in [3.63, 3.8) is 0 Å². The SMILES string of the molecule is CCc1cccc(C)c1NC(=O)CSCC#N. The number of nitriles is 1. The molecule has 4 heteroatoms. The van der Waals surface area contributed by atoms with E-state index in [0.717, 1.165) is 23.2 Å². The van der Waals surface area contributed by atoms with E-state index in [1.165, 1.54) is 11.8 Å². The number of nitrogens with one attached hydrogen (secondary N) is 1. The molecule has 90 valence electrons. The molecule has 0 spiro atoms. The Morgan fingerprint density at radius 1 is 1.53 bits per heavy atom. The van der Waals surface area contributed by atoms with E-state index in [9.17, 15) is 4.79 Å².